The van der Waals surface area contributed by atoms with Gasteiger partial charge >= 0.3 is 6.18 Å². The Balaban J connectivity index is 1.70. The average molecular weight is 413 g/mol. The number of carbonyl (C=O) groups excluding carboxylic acids is 1. The van der Waals surface area contributed by atoms with Gasteiger partial charge in [0.1, 0.15) is 6.33 Å². The van der Waals surface area contributed by atoms with Gasteiger partial charge in [0.2, 0.25) is 0 Å². The molecule has 0 amide bonds. The van der Waals surface area contributed by atoms with Crippen LogP contribution < -0.4 is 5.32 Å². The van der Waals surface area contributed by atoms with Crippen LogP contribution in [0, 0.1) is 4.77 Å². The van der Waals surface area contributed by atoms with Crippen LogP contribution in [0.1, 0.15) is 15.9 Å². The first kappa shape index (κ1) is 19.1. The fourth-order valence-corrected chi connectivity index (χ4v) is 2.81. The third-order valence-corrected chi connectivity index (χ3v) is 4.36. The minimum atomic E-state index is -4.57. The zero-order chi connectivity index (χ0) is 19.6. The smallest absolute Gasteiger partial charge is 0.378 e. The number of carbonyl (C=O) groups is 1. The second kappa shape index (κ2) is 7.53. The van der Waals surface area contributed by atoms with Crippen molar-refractivity contribution in [2.75, 3.05) is 11.9 Å². The summed E-state index contributed by atoms with van der Waals surface area (Å²) < 4.78 is 40.7. The van der Waals surface area contributed by atoms with Crippen LogP contribution in [0.2, 0.25) is 5.02 Å². The molecule has 0 aliphatic rings. The largest absolute Gasteiger partial charge is 0.417 e. The van der Waals surface area contributed by atoms with Gasteiger partial charge in [0.05, 0.1) is 17.1 Å². The van der Waals surface area contributed by atoms with Crippen molar-refractivity contribution in [3.63, 3.8) is 0 Å². The van der Waals surface area contributed by atoms with E-state index in [-0.39, 0.29) is 18.0 Å². The van der Waals surface area contributed by atoms with Crippen LogP contribution in [0.25, 0.3) is 5.69 Å². The molecular weight excluding hydrogens is 401 g/mol. The lowest BCUT2D eigenvalue weighted by Crippen LogP contribution is -2.15. The third kappa shape index (κ3) is 4.37. The van der Waals surface area contributed by atoms with E-state index in [0.29, 0.717) is 10.3 Å². The maximum atomic E-state index is 12.9. The normalized spacial score (nSPS) is 11.4. The molecule has 0 aliphatic heterocycles. The number of alkyl halides is 3. The number of rotatable bonds is 5. The maximum absolute atomic E-state index is 12.9. The molecule has 10 heteroatoms. The molecule has 27 heavy (non-hydrogen) atoms. The fourth-order valence-electron chi connectivity index (χ4n) is 2.38. The van der Waals surface area contributed by atoms with Crippen molar-refractivity contribution in [2.24, 2.45) is 0 Å². The number of anilines is 1. The van der Waals surface area contributed by atoms with E-state index in [4.69, 9.17) is 23.8 Å². The predicted octanol–water partition coefficient (Wildman–Crippen LogP) is 4.90. The molecule has 0 atom stereocenters. The Morgan fingerprint density at radius 1 is 1.22 bits per heavy atom. The highest BCUT2D eigenvalue weighted by Crippen LogP contribution is 2.36. The molecule has 0 fully saturated rings. The molecule has 0 radical (unpaired) electrons. The zero-order valence-corrected chi connectivity index (χ0v) is 15.1. The monoisotopic (exact) mass is 412 g/mol. The van der Waals surface area contributed by atoms with Gasteiger partial charge in [-0.2, -0.15) is 18.3 Å². The number of nitrogens with zero attached hydrogens (tertiary/aromatic N) is 2. The number of hydrogen-bond acceptors (Lipinski definition) is 4. The standard InChI is InChI=1S/C17H12ClF3N4OS/c18-14-6-3-11(7-13(14)17(19,20)21)22-8-15(26)10-1-4-12(5-2-10)25-9-23-24-16(25)27/h1-7,9,22H,8H2,(H,24,27). The Bertz CT molecular complexity index is 1030. The number of Topliss-reactive ketones (excluding diaryl/α,β-unsaturated/α-hetero) is 1. The Hall–Kier alpha value is -2.65. The topological polar surface area (TPSA) is 62.7 Å². The Kier molecular flexibility index (Phi) is 5.33. The minimum absolute atomic E-state index is 0.154. The van der Waals surface area contributed by atoms with Crippen LogP contribution in [0.5, 0.6) is 0 Å². The number of benzene rings is 2. The van der Waals surface area contributed by atoms with Crippen LogP contribution >= 0.6 is 23.8 Å². The first-order valence-corrected chi connectivity index (χ1v) is 8.40. The minimum Gasteiger partial charge on any atom is -0.378 e. The second-order valence-corrected chi connectivity index (χ2v) is 6.34. The summed E-state index contributed by atoms with van der Waals surface area (Å²) >= 11 is 10.6. The van der Waals surface area contributed by atoms with Gasteiger partial charge in [-0.3, -0.25) is 14.5 Å². The average Bonchev–Trinajstić information content (AvgIpc) is 3.06. The van der Waals surface area contributed by atoms with Crippen LogP contribution in [0.15, 0.2) is 48.8 Å². The van der Waals surface area contributed by atoms with Crippen molar-refractivity contribution in [3.05, 3.63) is 69.7 Å². The van der Waals surface area contributed by atoms with Gasteiger partial charge < -0.3 is 5.32 Å². The van der Waals surface area contributed by atoms with Crippen molar-refractivity contribution in [3.8, 4) is 5.69 Å². The van der Waals surface area contributed by atoms with Crippen LogP contribution in [-0.2, 0) is 6.18 Å². The summed E-state index contributed by atoms with van der Waals surface area (Å²) in [5, 5.41) is 8.73. The van der Waals surface area contributed by atoms with E-state index in [1.807, 2.05) is 0 Å². The number of aromatic amines is 1. The highest BCUT2D eigenvalue weighted by Gasteiger charge is 2.33. The summed E-state index contributed by atoms with van der Waals surface area (Å²) in [4.78, 5) is 12.3. The van der Waals surface area contributed by atoms with Gasteiger partial charge in [-0.05, 0) is 54.7 Å². The second-order valence-electron chi connectivity index (χ2n) is 5.55. The summed E-state index contributed by atoms with van der Waals surface area (Å²) in [6, 6.07) is 10.0. The molecule has 3 aromatic rings. The van der Waals surface area contributed by atoms with E-state index in [1.54, 1.807) is 28.8 Å². The number of hydrogen-bond donors (Lipinski definition) is 2. The summed E-state index contributed by atoms with van der Waals surface area (Å²) in [7, 11) is 0. The maximum Gasteiger partial charge on any atom is 0.417 e. The quantitative estimate of drug-likeness (QED) is 0.462. The molecule has 2 aromatic carbocycles. The summed E-state index contributed by atoms with van der Waals surface area (Å²) in [5.74, 6) is -0.277. The highest BCUT2D eigenvalue weighted by atomic mass is 35.5. The molecular formula is C17H12ClF3N4OS. The van der Waals surface area contributed by atoms with Crippen molar-refractivity contribution >= 4 is 35.3 Å². The molecule has 0 aliphatic carbocycles. The van der Waals surface area contributed by atoms with Gasteiger partial charge in [0, 0.05) is 16.9 Å². The van der Waals surface area contributed by atoms with Gasteiger partial charge in [0.15, 0.2) is 10.6 Å². The summed E-state index contributed by atoms with van der Waals surface area (Å²) in [6.45, 7) is -0.163. The van der Waals surface area contributed by atoms with E-state index < -0.39 is 16.8 Å². The fraction of sp³-hybridized carbons (Fsp3) is 0.118. The lowest BCUT2D eigenvalue weighted by Gasteiger charge is -2.12. The van der Waals surface area contributed by atoms with Gasteiger partial charge in [-0.15, -0.1) is 0 Å². The lowest BCUT2D eigenvalue weighted by atomic mass is 10.1. The summed E-state index contributed by atoms with van der Waals surface area (Å²) in [5.41, 5.74) is 0.335. The zero-order valence-electron chi connectivity index (χ0n) is 13.5. The Labute approximate surface area is 161 Å². The molecule has 140 valence electrons. The van der Waals surface area contributed by atoms with E-state index in [0.717, 1.165) is 17.8 Å². The molecule has 1 aromatic heterocycles. The van der Waals surface area contributed by atoms with E-state index in [2.05, 4.69) is 15.5 Å². The number of halogens is 4. The van der Waals surface area contributed by atoms with Crippen LogP contribution in [-0.4, -0.2) is 27.1 Å². The van der Waals surface area contributed by atoms with Crippen molar-refractivity contribution in [1.82, 2.24) is 14.8 Å². The molecule has 0 saturated carbocycles. The number of aromatic nitrogens is 3. The first-order chi connectivity index (χ1) is 12.8. The molecule has 0 spiro atoms. The molecule has 5 nitrogen and oxygen atoms in total. The van der Waals surface area contributed by atoms with E-state index in [1.165, 1.54) is 12.4 Å². The summed E-state index contributed by atoms with van der Waals surface area (Å²) in [6.07, 6.45) is -3.05. The molecule has 1 heterocycles. The molecule has 0 unspecified atom stereocenters. The molecule has 0 bridgehead atoms. The molecule has 0 saturated heterocycles. The number of H-pyrrole nitrogens is 1. The van der Waals surface area contributed by atoms with Gasteiger partial charge in [0.25, 0.3) is 0 Å². The van der Waals surface area contributed by atoms with Crippen LogP contribution in [0.3, 0.4) is 0 Å². The first-order valence-electron chi connectivity index (χ1n) is 7.62. The number of ketones is 1. The van der Waals surface area contributed by atoms with E-state index >= 15 is 0 Å². The molecule has 3 rings (SSSR count). The number of nitrogens with one attached hydrogen (secondary N) is 2. The lowest BCUT2D eigenvalue weighted by molar-refractivity contribution is -0.137. The van der Waals surface area contributed by atoms with Crippen LogP contribution in [0.4, 0.5) is 18.9 Å². The third-order valence-electron chi connectivity index (χ3n) is 3.74. The Morgan fingerprint density at radius 2 is 1.93 bits per heavy atom. The van der Waals surface area contributed by atoms with Gasteiger partial charge in [-0.25, -0.2) is 0 Å². The van der Waals surface area contributed by atoms with Crippen molar-refractivity contribution in [1.29, 1.82) is 0 Å². The Morgan fingerprint density at radius 3 is 2.52 bits per heavy atom. The highest BCUT2D eigenvalue weighted by molar-refractivity contribution is 7.71. The van der Waals surface area contributed by atoms with Crippen molar-refractivity contribution < 1.29 is 18.0 Å². The SMILES string of the molecule is O=C(CNc1ccc(Cl)c(C(F)(F)F)c1)c1ccc(-n2cn[nH]c2=S)cc1. The van der Waals surface area contributed by atoms with Gasteiger partial charge in [-0.1, -0.05) is 11.6 Å². The van der Waals surface area contributed by atoms with Crippen molar-refractivity contribution in [2.45, 2.75) is 6.18 Å². The van der Waals surface area contributed by atoms with E-state index in [9.17, 15) is 18.0 Å². The predicted molar refractivity (Wildman–Crippen MR) is 98.0 cm³/mol. The molecule has 2 N–H and O–H groups in total.